The number of carbonyl (C=O) groups is 4. The summed E-state index contributed by atoms with van der Waals surface area (Å²) in [4.78, 5) is 64.5. The molecular formula is C37H68N12O5. The summed E-state index contributed by atoms with van der Waals surface area (Å²) in [6, 6.07) is 2.90. The number of nitrogens with zero attached hydrogens (tertiary/aromatic N) is 3. The van der Waals surface area contributed by atoms with Gasteiger partial charge in [0.15, 0.2) is 11.9 Å². The molecule has 0 radical (unpaired) electrons. The van der Waals surface area contributed by atoms with Crippen LogP contribution in [0.3, 0.4) is 0 Å². The number of guanidine groups is 2. The Morgan fingerprint density at radius 1 is 0.741 bits per heavy atom. The van der Waals surface area contributed by atoms with Gasteiger partial charge in [-0.2, -0.15) is 0 Å². The molecule has 0 unspecified atom stereocenters. The van der Waals surface area contributed by atoms with E-state index in [1.165, 1.54) is 24.1 Å². The summed E-state index contributed by atoms with van der Waals surface area (Å²) >= 11 is 0. The number of phenolic OH excluding ortho intramolecular Hbond substituents is 1. The first-order valence-corrected chi connectivity index (χ1v) is 19.1. The number of phenols is 1. The number of nitrogens with one attached hydrogen (secondary N) is 4. The molecule has 54 heavy (non-hydrogen) atoms. The highest BCUT2D eigenvalue weighted by Gasteiger charge is 2.34. The summed E-state index contributed by atoms with van der Waals surface area (Å²) in [6.45, 7) is 5.55. The Balaban J connectivity index is 3.23. The van der Waals surface area contributed by atoms with Crippen LogP contribution in [0.5, 0.6) is 5.75 Å². The maximum atomic E-state index is 14.2. The predicted octanol–water partition coefficient (Wildman–Crippen LogP) is -0.112. The second kappa shape index (κ2) is 27.0. The maximum Gasteiger partial charge on any atom is 0.245 e. The van der Waals surface area contributed by atoms with Crippen LogP contribution in [-0.2, 0) is 25.6 Å². The molecule has 1 aromatic rings. The molecule has 0 fully saturated rings. The van der Waals surface area contributed by atoms with E-state index in [-0.39, 0.29) is 61.8 Å². The lowest BCUT2D eigenvalue weighted by atomic mass is 10.0. The standard InChI is InChI=1S/C37H68N12O5/c1-25(2)23-30(32(51)44-20-10-8-6-5-7-9-19-38)48-34(53)31(14-12-22-46-37(41)42)49(4)35(54)28(13-11-21-45-36(39)40)47-33(52)29(43-3)24-26-15-17-27(50)18-16-26/h15-18,25,28-31,43,50H,5-14,19-24,38H2,1-4H3,(H,44,51)(H,47,52)(H,48,53)(H4,39,40,45)(H4,41,42,46)/t28-,29-,30+,31-/m0/s1. The first-order chi connectivity index (χ1) is 25.7. The third kappa shape index (κ3) is 20.0. The molecule has 1 rings (SSSR count). The lowest BCUT2D eigenvalue weighted by Gasteiger charge is -2.32. The highest BCUT2D eigenvalue weighted by Crippen LogP contribution is 2.15. The molecule has 0 heterocycles. The Morgan fingerprint density at radius 2 is 1.30 bits per heavy atom. The Morgan fingerprint density at radius 3 is 1.85 bits per heavy atom. The number of rotatable bonds is 28. The van der Waals surface area contributed by atoms with Crippen LogP contribution in [0.2, 0.25) is 0 Å². The molecule has 0 spiro atoms. The van der Waals surface area contributed by atoms with E-state index >= 15 is 0 Å². The lowest BCUT2D eigenvalue weighted by Crippen LogP contribution is -2.58. The van der Waals surface area contributed by atoms with Crippen molar-refractivity contribution in [2.24, 2.45) is 44.6 Å². The van der Waals surface area contributed by atoms with Gasteiger partial charge < -0.3 is 59.9 Å². The van der Waals surface area contributed by atoms with Gasteiger partial charge in [0, 0.05) is 26.7 Å². The minimum atomic E-state index is -1.04. The average Bonchev–Trinajstić information content (AvgIpc) is 3.12. The van der Waals surface area contributed by atoms with Gasteiger partial charge in [-0.3, -0.25) is 29.2 Å². The van der Waals surface area contributed by atoms with Gasteiger partial charge in [-0.25, -0.2) is 0 Å². The van der Waals surface area contributed by atoms with Crippen molar-refractivity contribution in [2.45, 2.75) is 115 Å². The van der Waals surface area contributed by atoms with Crippen LogP contribution in [0.15, 0.2) is 34.3 Å². The molecule has 0 aliphatic carbocycles. The van der Waals surface area contributed by atoms with Crippen molar-refractivity contribution >= 4 is 35.5 Å². The van der Waals surface area contributed by atoms with Crippen LogP contribution >= 0.6 is 0 Å². The van der Waals surface area contributed by atoms with Crippen molar-refractivity contribution in [3.63, 3.8) is 0 Å². The lowest BCUT2D eigenvalue weighted by molar-refractivity contribution is -0.143. The number of amides is 4. The topological polar surface area (TPSA) is 295 Å². The Labute approximate surface area is 321 Å². The van der Waals surface area contributed by atoms with Crippen molar-refractivity contribution < 1.29 is 24.3 Å². The fourth-order valence-corrected chi connectivity index (χ4v) is 5.90. The van der Waals surface area contributed by atoms with E-state index in [9.17, 15) is 24.3 Å². The molecule has 17 heteroatoms. The van der Waals surface area contributed by atoms with Crippen LogP contribution in [-0.4, -0.2) is 110 Å². The fourth-order valence-electron chi connectivity index (χ4n) is 5.90. The number of hydrogen-bond acceptors (Lipinski definition) is 9. The molecular weight excluding hydrogens is 692 g/mol. The van der Waals surface area contributed by atoms with Gasteiger partial charge in [0.2, 0.25) is 23.6 Å². The van der Waals surface area contributed by atoms with Crippen LogP contribution < -0.4 is 49.9 Å². The molecule has 0 aliphatic heterocycles. The number of benzene rings is 1. The van der Waals surface area contributed by atoms with Crippen molar-refractivity contribution in [2.75, 3.05) is 40.3 Å². The number of aliphatic imine (C=N–C) groups is 2. The van der Waals surface area contributed by atoms with Crippen LogP contribution in [0.25, 0.3) is 0 Å². The zero-order chi connectivity index (χ0) is 40.5. The van der Waals surface area contributed by atoms with Gasteiger partial charge in [-0.15, -0.1) is 0 Å². The molecule has 306 valence electrons. The Kier molecular flexibility index (Phi) is 23.7. The fraction of sp³-hybridized carbons (Fsp3) is 0.676. The largest absolute Gasteiger partial charge is 0.508 e. The monoisotopic (exact) mass is 761 g/mol. The highest BCUT2D eigenvalue weighted by atomic mass is 16.3. The van der Waals surface area contributed by atoms with Crippen molar-refractivity contribution in [3.05, 3.63) is 29.8 Å². The maximum absolute atomic E-state index is 14.2. The molecule has 4 amide bonds. The zero-order valence-electron chi connectivity index (χ0n) is 32.8. The van der Waals surface area contributed by atoms with Gasteiger partial charge >= 0.3 is 0 Å². The number of carbonyl (C=O) groups excluding carboxylic acids is 4. The van der Waals surface area contributed by atoms with Crippen molar-refractivity contribution in [1.29, 1.82) is 0 Å². The molecule has 0 aliphatic rings. The van der Waals surface area contributed by atoms with Crippen molar-refractivity contribution in [3.8, 4) is 5.75 Å². The van der Waals surface area contributed by atoms with E-state index in [2.05, 4.69) is 31.3 Å². The summed E-state index contributed by atoms with van der Waals surface area (Å²) in [5.74, 6) is -1.74. The van der Waals surface area contributed by atoms with Gasteiger partial charge in [-0.05, 0) is 88.6 Å². The number of unbranched alkanes of at least 4 members (excludes halogenated alkanes) is 5. The molecule has 0 aromatic heterocycles. The van der Waals surface area contributed by atoms with Crippen LogP contribution in [0.4, 0.5) is 0 Å². The quantitative estimate of drug-likeness (QED) is 0.0305. The third-order valence-corrected chi connectivity index (χ3v) is 8.92. The summed E-state index contributed by atoms with van der Waals surface area (Å²) in [7, 11) is 3.14. The molecule has 17 nitrogen and oxygen atoms in total. The van der Waals surface area contributed by atoms with Crippen LogP contribution in [0.1, 0.15) is 90.0 Å². The molecule has 0 saturated heterocycles. The first kappa shape index (κ1) is 47.4. The minimum absolute atomic E-state index is 0.0924. The number of nitrogens with two attached hydrogens (primary N) is 5. The van der Waals surface area contributed by atoms with E-state index in [1.54, 1.807) is 19.2 Å². The number of hydrogen-bond donors (Lipinski definition) is 10. The van der Waals surface area contributed by atoms with E-state index in [1.807, 2.05) is 13.8 Å². The normalized spacial score (nSPS) is 13.2. The average molecular weight is 761 g/mol. The summed E-state index contributed by atoms with van der Waals surface area (Å²) in [5, 5.41) is 21.4. The molecule has 15 N–H and O–H groups in total. The minimum Gasteiger partial charge on any atom is -0.508 e. The van der Waals surface area contributed by atoms with Gasteiger partial charge in [0.1, 0.15) is 23.9 Å². The molecule has 0 bridgehead atoms. The molecule has 4 atom stereocenters. The number of aromatic hydroxyl groups is 1. The first-order valence-electron chi connectivity index (χ1n) is 19.1. The molecule has 0 saturated carbocycles. The van der Waals surface area contributed by atoms with Gasteiger partial charge in [0.25, 0.3) is 0 Å². The summed E-state index contributed by atoms with van der Waals surface area (Å²) in [5.41, 5.74) is 28.4. The van der Waals surface area contributed by atoms with E-state index in [4.69, 9.17) is 28.7 Å². The summed E-state index contributed by atoms with van der Waals surface area (Å²) in [6.07, 6.45) is 7.82. The van der Waals surface area contributed by atoms with Gasteiger partial charge in [-0.1, -0.05) is 51.7 Å². The predicted molar refractivity (Wildman–Crippen MR) is 214 cm³/mol. The van der Waals surface area contributed by atoms with E-state index < -0.39 is 41.9 Å². The molecule has 1 aromatic carbocycles. The second-order valence-corrected chi connectivity index (χ2v) is 14.0. The highest BCUT2D eigenvalue weighted by molar-refractivity contribution is 5.94. The Hall–Kier alpha value is -4.64. The smallest absolute Gasteiger partial charge is 0.245 e. The second-order valence-electron chi connectivity index (χ2n) is 14.0. The van der Waals surface area contributed by atoms with Crippen molar-refractivity contribution in [1.82, 2.24) is 26.2 Å². The zero-order valence-corrected chi connectivity index (χ0v) is 32.8. The van der Waals surface area contributed by atoms with Crippen LogP contribution in [0, 0.1) is 5.92 Å². The van der Waals surface area contributed by atoms with E-state index in [0.29, 0.717) is 32.4 Å². The SMILES string of the molecule is CN[C@@H](Cc1ccc(O)cc1)C(=O)N[C@@H](CCCN=C(N)N)C(=O)N(C)[C@@H](CCCN=C(N)N)C(=O)N[C@H](CC(C)C)C(=O)NCCCCCCCCN. The number of likely N-dealkylation sites (N-methyl/N-ethyl adjacent to an activating group) is 2. The third-order valence-electron chi connectivity index (χ3n) is 8.92. The van der Waals surface area contributed by atoms with Gasteiger partial charge in [0.05, 0.1) is 6.04 Å². The van der Waals surface area contributed by atoms with E-state index in [0.717, 1.165) is 44.1 Å². The summed E-state index contributed by atoms with van der Waals surface area (Å²) < 4.78 is 0. The Bertz CT molecular complexity index is 1320.